The van der Waals surface area contributed by atoms with E-state index in [-0.39, 0.29) is 137 Å². The summed E-state index contributed by atoms with van der Waals surface area (Å²) in [5, 5.41) is -1.93. The molecule has 0 saturated heterocycles. The first kappa shape index (κ1) is 48.6. The Morgan fingerprint density at radius 1 is 0.667 bits per heavy atom. The molecule has 1 N–H and O–H groups in total. The number of carbonyl (C=O) groups excluding carboxylic acids is 2. The van der Waals surface area contributed by atoms with Gasteiger partial charge in [-0.15, -0.1) is 0 Å². The third kappa shape index (κ3) is 31.4. The van der Waals surface area contributed by atoms with Gasteiger partial charge in [0.15, 0.2) is 5.25 Å². The molecule has 0 bridgehead atoms. The molecule has 0 aromatic rings. The van der Waals surface area contributed by atoms with Gasteiger partial charge in [0.2, 0.25) is 0 Å². The summed E-state index contributed by atoms with van der Waals surface area (Å²) in [4.78, 5) is 23.4. The van der Waals surface area contributed by atoms with Crippen LogP contribution in [0.15, 0.2) is 0 Å². The van der Waals surface area contributed by atoms with Gasteiger partial charge in [-0.05, 0) is 13.3 Å². The van der Waals surface area contributed by atoms with E-state index in [4.69, 9.17) is 4.74 Å². The first-order valence-corrected chi connectivity index (χ1v) is 14.1. The molecular weight excluding hydrogens is 524 g/mol. The Balaban J connectivity index is -0.000000172. The van der Waals surface area contributed by atoms with Crippen molar-refractivity contribution in [2.75, 3.05) is 13.2 Å². The summed E-state index contributed by atoms with van der Waals surface area (Å²) in [6.45, 7) is 3.95. The predicted octanol–water partition coefficient (Wildman–Crippen LogP) is -5.53. The minimum Gasteiger partial charge on any atom is -1.00 e. The van der Waals surface area contributed by atoms with Crippen LogP contribution in [0.3, 0.4) is 0 Å². The van der Waals surface area contributed by atoms with Crippen molar-refractivity contribution in [3.8, 4) is 0 Å². The van der Waals surface area contributed by atoms with Crippen LogP contribution in [0.2, 0.25) is 0 Å². The second-order valence-electron chi connectivity index (χ2n) is 8.48. The maximum atomic E-state index is 11.9. The summed E-state index contributed by atoms with van der Waals surface area (Å²) in [6.07, 6.45) is 19.0. The standard InChI is InChI=1S/C24H46O7S.4Na.4H/c1-3-5-6-7-8-9-10-11-12-13-14-15-16-17-18-19-20-31-24(26)22(32(27,28)29)21-23(25)30-4-2;;;;;;;;/h22H,3-21H2,1-2H3,(H,27,28,29);;;;;;;;/q;4*+1;4*-1. The van der Waals surface area contributed by atoms with E-state index in [1.54, 1.807) is 6.92 Å². The van der Waals surface area contributed by atoms with Crippen LogP contribution in [0.25, 0.3) is 0 Å². The quantitative estimate of drug-likeness (QED) is 0.0595. The van der Waals surface area contributed by atoms with Gasteiger partial charge in [-0.25, -0.2) is 0 Å². The fourth-order valence-electron chi connectivity index (χ4n) is 3.60. The molecule has 0 aliphatic heterocycles. The molecule has 0 amide bonds. The molecule has 0 fully saturated rings. The van der Waals surface area contributed by atoms with Gasteiger partial charge in [-0.1, -0.05) is 103 Å². The SMILES string of the molecule is CCCCCCCCCCCCCCCCCCOC(=O)C(CC(=O)OCC)S(=O)(=O)O.[H-].[H-].[H-].[H-].[Na+].[Na+].[Na+].[Na+]. The molecule has 0 saturated carbocycles. The van der Waals surface area contributed by atoms with Gasteiger partial charge < -0.3 is 15.2 Å². The Morgan fingerprint density at radius 3 is 1.36 bits per heavy atom. The Morgan fingerprint density at radius 2 is 1.03 bits per heavy atom. The van der Waals surface area contributed by atoms with Crippen LogP contribution in [-0.2, 0) is 29.2 Å². The van der Waals surface area contributed by atoms with Gasteiger partial charge in [-0.2, -0.15) is 8.42 Å². The fraction of sp³-hybridized carbons (Fsp3) is 0.917. The zero-order chi connectivity index (χ0) is 24.1. The maximum Gasteiger partial charge on any atom is 1.00 e. The number of ether oxygens (including phenoxy) is 2. The van der Waals surface area contributed by atoms with E-state index in [0.717, 1.165) is 19.3 Å². The number of carbonyl (C=O) groups is 2. The molecule has 0 aliphatic carbocycles. The Hall–Kier alpha value is 2.85. The van der Waals surface area contributed by atoms with Crippen LogP contribution < -0.4 is 118 Å². The molecule has 0 heterocycles. The van der Waals surface area contributed by atoms with E-state index in [0.29, 0.717) is 6.42 Å². The van der Waals surface area contributed by atoms with E-state index in [1.807, 2.05) is 0 Å². The predicted molar refractivity (Wildman–Crippen MR) is 132 cm³/mol. The third-order valence-electron chi connectivity index (χ3n) is 5.52. The zero-order valence-corrected chi connectivity index (χ0v) is 33.1. The minimum absolute atomic E-state index is 0. The molecule has 36 heavy (non-hydrogen) atoms. The van der Waals surface area contributed by atoms with Gasteiger partial charge in [0.05, 0.1) is 19.6 Å². The monoisotopic (exact) mass is 574 g/mol. The molecule has 0 aromatic carbocycles. The normalized spacial score (nSPS) is 11.1. The molecule has 0 rings (SSSR count). The van der Waals surface area contributed by atoms with Crippen molar-refractivity contribution in [3.05, 3.63) is 0 Å². The largest absolute Gasteiger partial charge is 1.00 e. The number of unbranched alkanes of at least 4 members (excludes halogenated alkanes) is 15. The molecular formula is C24H50Na4O7S. The molecule has 0 aromatic heterocycles. The van der Waals surface area contributed by atoms with Crippen molar-refractivity contribution in [1.29, 1.82) is 0 Å². The van der Waals surface area contributed by atoms with Gasteiger partial charge in [0.1, 0.15) is 0 Å². The van der Waals surface area contributed by atoms with Crippen LogP contribution in [-0.4, -0.2) is 43.4 Å². The van der Waals surface area contributed by atoms with Crippen LogP contribution in [0.1, 0.15) is 129 Å². The summed E-state index contributed by atoms with van der Waals surface area (Å²) in [7, 11) is -4.73. The van der Waals surface area contributed by atoms with Crippen molar-refractivity contribution < 1.29 is 156 Å². The number of esters is 2. The van der Waals surface area contributed by atoms with Crippen LogP contribution in [0.4, 0.5) is 0 Å². The van der Waals surface area contributed by atoms with Gasteiger partial charge >= 0.3 is 130 Å². The van der Waals surface area contributed by atoms with E-state index in [1.165, 1.54) is 77.0 Å². The first-order valence-electron chi connectivity index (χ1n) is 12.6. The van der Waals surface area contributed by atoms with Crippen molar-refractivity contribution in [2.45, 2.75) is 128 Å². The summed E-state index contributed by atoms with van der Waals surface area (Å²) in [6, 6.07) is 0. The number of hydrogen-bond donors (Lipinski definition) is 1. The number of rotatable bonds is 22. The minimum atomic E-state index is -4.73. The van der Waals surface area contributed by atoms with Crippen molar-refractivity contribution in [3.63, 3.8) is 0 Å². The van der Waals surface area contributed by atoms with Crippen LogP contribution in [0.5, 0.6) is 0 Å². The molecule has 1 unspecified atom stereocenters. The summed E-state index contributed by atoms with van der Waals surface area (Å²) in [5.74, 6) is -1.98. The van der Waals surface area contributed by atoms with Crippen molar-refractivity contribution in [1.82, 2.24) is 0 Å². The Labute approximate surface area is 315 Å². The van der Waals surface area contributed by atoms with E-state index < -0.39 is 33.7 Å². The second-order valence-corrected chi connectivity index (χ2v) is 10.1. The number of hydrogen-bond acceptors (Lipinski definition) is 6. The summed E-state index contributed by atoms with van der Waals surface area (Å²) in [5.41, 5.74) is 0. The van der Waals surface area contributed by atoms with Gasteiger partial charge in [0, 0.05) is 0 Å². The Bertz CT molecular complexity index is 612. The summed E-state index contributed by atoms with van der Waals surface area (Å²) >= 11 is 0. The molecule has 0 radical (unpaired) electrons. The van der Waals surface area contributed by atoms with Crippen LogP contribution in [0, 0.1) is 0 Å². The Kier molecular flexibility index (Phi) is 45.9. The summed E-state index contributed by atoms with van der Waals surface area (Å²) < 4.78 is 41.4. The topological polar surface area (TPSA) is 107 Å². The molecule has 0 aliphatic rings. The average Bonchev–Trinajstić information content (AvgIpc) is 2.73. The van der Waals surface area contributed by atoms with Crippen molar-refractivity contribution in [2.24, 2.45) is 0 Å². The average molecular weight is 575 g/mol. The van der Waals surface area contributed by atoms with E-state index >= 15 is 0 Å². The molecule has 0 spiro atoms. The third-order valence-corrected chi connectivity index (χ3v) is 6.60. The van der Waals surface area contributed by atoms with E-state index in [9.17, 15) is 22.6 Å². The van der Waals surface area contributed by atoms with Gasteiger partial charge in [-0.3, -0.25) is 14.1 Å². The molecule has 1 atom stereocenters. The zero-order valence-electron chi connectivity index (χ0n) is 28.3. The van der Waals surface area contributed by atoms with E-state index in [2.05, 4.69) is 11.7 Å². The fourth-order valence-corrected chi connectivity index (χ4v) is 4.26. The molecule has 7 nitrogen and oxygen atoms in total. The first-order chi connectivity index (χ1) is 15.3. The van der Waals surface area contributed by atoms with Crippen LogP contribution >= 0.6 is 0 Å². The smallest absolute Gasteiger partial charge is 1.00 e. The second kappa shape index (κ2) is 34.1. The molecule has 198 valence electrons. The van der Waals surface area contributed by atoms with Gasteiger partial charge in [0.25, 0.3) is 10.1 Å². The van der Waals surface area contributed by atoms with Crippen molar-refractivity contribution >= 4 is 22.1 Å². The maximum absolute atomic E-state index is 11.9. The molecule has 12 heteroatoms.